The van der Waals surface area contributed by atoms with E-state index in [-0.39, 0.29) is 5.88 Å². The van der Waals surface area contributed by atoms with Crippen LogP contribution in [0.3, 0.4) is 0 Å². The van der Waals surface area contributed by atoms with Gasteiger partial charge in [0.05, 0.1) is 24.7 Å². The maximum absolute atomic E-state index is 12.8. The van der Waals surface area contributed by atoms with Crippen LogP contribution in [0.15, 0.2) is 78.2 Å². The topological polar surface area (TPSA) is 104 Å². The molecule has 1 aliphatic heterocycles. The average Bonchev–Trinajstić information content (AvgIpc) is 2.97. The normalized spacial score (nSPS) is 14.1. The van der Waals surface area contributed by atoms with Crippen LogP contribution in [0.2, 0.25) is 0 Å². The van der Waals surface area contributed by atoms with Crippen molar-refractivity contribution in [2.24, 2.45) is 5.73 Å². The molecule has 208 valence electrons. The number of benzene rings is 3. The summed E-state index contributed by atoms with van der Waals surface area (Å²) in [6.07, 6.45) is 6.46. The Kier molecular flexibility index (Phi) is 10.1. The number of ether oxygens (including phenoxy) is 4. The van der Waals surface area contributed by atoms with Gasteiger partial charge in [0.15, 0.2) is 0 Å². The largest absolute Gasteiger partial charge is 0.494 e. The van der Waals surface area contributed by atoms with Crippen LogP contribution in [-0.2, 0) is 0 Å². The molecular weight excluding hydrogens is 504 g/mol. The first kappa shape index (κ1) is 28.6. The number of carbonyl (C=O) groups is 1. The molecule has 3 aromatic rings. The highest BCUT2D eigenvalue weighted by Gasteiger charge is 2.31. The van der Waals surface area contributed by atoms with Crippen LogP contribution in [0.25, 0.3) is 0 Å². The summed E-state index contributed by atoms with van der Waals surface area (Å²) in [6.45, 7) is 5.58. The summed E-state index contributed by atoms with van der Waals surface area (Å²) >= 11 is 0. The molecule has 0 amide bonds. The Labute approximate surface area is 236 Å². The highest BCUT2D eigenvalue weighted by atomic mass is 16.5. The van der Waals surface area contributed by atoms with Gasteiger partial charge in [-0.25, -0.2) is 4.79 Å². The fourth-order valence-electron chi connectivity index (χ4n) is 4.56. The van der Waals surface area contributed by atoms with Gasteiger partial charge in [-0.1, -0.05) is 57.7 Å². The zero-order valence-corrected chi connectivity index (χ0v) is 23.2. The van der Waals surface area contributed by atoms with E-state index in [0.29, 0.717) is 41.6 Å². The number of allylic oxidation sites excluding steroid dienone is 1. The van der Waals surface area contributed by atoms with Gasteiger partial charge in [0, 0.05) is 11.6 Å². The molecule has 1 aliphatic rings. The minimum Gasteiger partial charge on any atom is -0.494 e. The zero-order valence-electron chi connectivity index (χ0n) is 23.2. The van der Waals surface area contributed by atoms with Crippen molar-refractivity contribution in [2.45, 2.75) is 58.3 Å². The molecule has 0 radical (unpaired) electrons. The van der Waals surface area contributed by atoms with Gasteiger partial charge >= 0.3 is 5.97 Å². The Hall–Kier alpha value is -4.44. The van der Waals surface area contributed by atoms with E-state index in [9.17, 15) is 10.1 Å². The summed E-state index contributed by atoms with van der Waals surface area (Å²) < 4.78 is 23.1. The van der Waals surface area contributed by atoms with E-state index in [1.54, 1.807) is 42.5 Å². The van der Waals surface area contributed by atoms with E-state index >= 15 is 0 Å². The molecular formula is C33H36N2O5. The summed E-state index contributed by atoms with van der Waals surface area (Å²) in [5, 5.41) is 9.90. The number of nitrogens with two attached hydrogens (primary N) is 1. The van der Waals surface area contributed by atoms with Gasteiger partial charge in [0.1, 0.15) is 34.6 Å². The van der Waals surface area contributed by atoms with E-state index < -0.39 is 11.9 Å². The summed E-state index contributed by atoms with van der Waals surface area (Å²) in [6, 6.07) is 21.9. The fraction of sp³-hybridized carbons (Fsp3) is 0.333. The maximum atomic E-state index is 12.8. The lowest BCUT2D eigenvalue weighted by Crippen LogP contribution is -2.21. The maximum Gasteiger partial charge on any atom is 0.343 e. The second-order valence-electron chi connectivity index (χ2n) is 9.72. The Morgan fingerprint density at radius 2 is 1.55 bits per heavy atom. The number of hydrogen-bond acceptors (Lipinski definition) is 7. The first-order chi connectivity index (χ1) is 19.5. The van der Waals surface area contributed by atoms with Crippen molar-refractivity contribution < 1.29 is 23.7 Å². The van der Waals surface area contributed by atoms with Crippen LogP contribution in [0.1, 0.15) is 79.8 Å². The highest BCUT2D eigenvalue weighted by Crippen LogP contribution is 2.44. The van der Waals surface area contributed by atoms with Gasteiger partial charge in [0.25, 0.3) is 0 Å². The second-order valence-corrected chi connectivity index (χ2v) is 9.72. The number of unbranched alkanes of at least 4 members (excludes halogenated alkanes) is 4. The molecule has 1 heterocycles. The van der Waals surface area contributed by atoms with Crippen LogP contribution in [0, 0.1) is 11.3 Å². The molecule has 0 fully saturated rings. The number of carbonyl (C=O) groups excluding carboxylic acids is 1. The van der Waals surface area contributed by atoms with Gasteiger partial charge in [-0.2, -0.15) is 5.26 Å². The molecule has 7 nitrogen and oxygen atoms in total. The molecule has 1 atom stereocenters. The molecule has 4 rings (SSSR count). The third-order valence-electron chi connectivity index (χ3n) is 6.72. The van der Waals surface area contributed by atoms with Gasteiger partial charge in [-0.05, 0) is 60.9 Å². The van der Waals surface area contributed by atoms with Crippen LogP contribution in [0.5, 0.6) is 23.0 Å². The van der Waals surface area contributed by atoms with Gasteiger partial charge in [0.2, 0.25) is 5.88 Å². The number of rotatable bonds is 13. The van der Waals surface area contributed by atoms with Crippen molar-refractivity contribution in [1.82, 2.24) is 0 Å². The lowest BCUT2D eigenvalue weighted by Gasteiger charge is -2.27. The zero-order chi connectivity index (χ0) is 28.3. The molecule has 0 bridgehead atoms. The van der Waals surface area contributed by atoms with Gasteiger partial charge in [-0.3, -0.25) is 0 Å². The number of esters is 1. The minimum absolute atomic E-state index is 0.0206. The van der Waals surface area contributed by atoms with Crippen LogP contribution in [-0.4, -0.2) is 19.2 Å². The lowest BCUT2D eigenvalue weighted by molar-refractivity contribution is 0.0734. The molecule has 0 saturated carbocycles. The van der Waals surface area contributed by atoms with Crippen LogP contribution >= 0.6 is 0 Å². The van der Waals surface area contributed by atoms with Crippen molar-refractivity contribution in [1.29, 1.82) is 5.26 Å². The van der Waals surface area contributed by atoms with Crippen LogP contribution < -0.4 is 24.7 Å². The number of fused-ring (bicyclic) bond motifs is 1. The average molecular weight is 541 g/mol. The Balaban J connectivity index is 1.50. The molecule has 1 unspecified atom stereocenters. The highest BCUT2D eigenvalue weighted by molar-refractivity contribution is 5.91. The fourth-order valence-corrected chi connectivity index (χ4v) is 4.56. The summed E-state index contributed by atoms with van der Waals surface area (Å²) in [5.74, 6) is 1.27. The first-order valence-electron chi connectivity index (χ1n) is 13.9. The summed E-state index contributed by atoms with van der Waals surface area (Å²) in [5.41, 5.74) is 8.50. The van der Waals surface area contributed by atoms with E-state index in [1.807, 2.05) is 24.3 Å². The second kappa shape index (κ2) is 14.1. The third-order valence-corrected chi connectivity index (χ3v) is 6.72. The monoisotopic (exact) mass is 540 g/mol. The molecule has 0 spiro atoms. The van der Waals surface area contributed by atoms with Crippen molar-refractivity contribution >= 4 is 5.97 Å². The van der Waals surface area contributed by atoms with Gasteiger partial charge in [-0.15, -0.1) is 0 Å². The predicted octanol–water partition coefficient (Wildman–Crippen LogP) is 7.26. The van der Waals surface area contributed by atoms with E-state index in [4.69, 9.17) is 24.7 Å². The lowest BCUT2D eigenvalue weighted by atomic mass is 9.83. The van der Waals surface area contributed by atoms with Crippen molar-refractivity contribution in [3.05, 3.63) is 94.9 Å². The van der Waals surface area contributed by atoms with E-state index in [1.165, 1.54) is 0 Å². The Morgan fingerprint density at radius 3 is 2.23 bits per heavy atom. The van der Waals surface area contributed by atoms with Gasteiger partial charge < -0.3 is 24.7 Å². The van der Waals surface area contributed by atoms with Crippen molar-refractivity contribution in [3.8, 4) is 29.1 Å². The molecule has 0 aliphatic carbocycles. The van der Waals surface area contributed by atoms with E-state index in [2.05, 4.69) is 19.9 Å². The standard InChI is InChI=1S/C33H36N2O5/c1-3-5-7-18-37-25-14-12-23(13-15-25)33(36)39-27-16-17-28-30(21-27)40-32(35)29(22-34)31(28)24-10-9-11-26(20-24)38-19-8-6-4-2/h9-17,20-21,31H,3-8,18-19,35H2,1-2H3. The smallest absolute Gasteiger partial charge is 0.343 e. The predicted molar refractivity (Wildman–Crippen MR) is 154 cm³/mol. The molecule has 40 heavy (non-hydrogen) atoms. The van der Waals surface area contributed by atoms with Crippen molar-refractivity contribution in [3.63, 3.8) is 0 Å². The third kappa shape index (κ3) is 7.15. The molecule has 2 N–H and O–H groups in total. The quantitative estimate of drug-likeness (QED) is 0.138. The SMILES string of the molecule is CCCCCOc1ccc(C(=O)Oc2ccc3c(c2)OC(N)=C(C#N)C3c2cccc(OCCCCC)c2)cc1. The van der Waals surface area contributed by atoms with E-state index in [0.717, 1.165) is 55.4 Å². The Morgan fingerprint density at radius 1 is 0.875 bits per heavy atom. The molecule has 7 heteroatoms. The number of nitrogens with zero attached hydrogens (tertiary/aromatic N) is 1. The molecule has 0 aromatic heterocycles. The molecule has 0 saturated heterocycles. The van der Waals surface area contributed by atoms with Crippen molar-refractivity contribution in [2.75, 3.05) is 13.2 Å². The summed E-state index contributed by atoms with van der Waals surface area (Å²) in [7, 11) is 0. The molecule has 3 aromatic carbocycles. The number of nitriles is 1. The first-order valence-corrected chi connectivity index (χ1v) is 13.9. The Bertz CT molecular complexity index is 1370. The number of hydrogen-bond donors (Lipinski definition) is 1. The van der Waals surface area contributed by atoms with Crippen LogP contribution in [0.4, 0.5) is 0 Å². The summed E-state index contributed by atoms with van der Waals surface area (Å²) in [4.78, 5) is 12.8. The minimum atomic E-state index is -0.501.